The first-order valence-electron chi connectivity index (χ1n) is 7.20. The Labute approximate surface area is 135 Å². The van der Waals surface area contributed by atoms with Gasteiger partial charge in [-0.25, -0.2) is 13.4 Å². The SMILES string of the molecule is COc1ccc(-c2cc(S(=O)(=O)C3=NCCO3)ccc2C)cc1. The number of aliphatic imine (C=N–C) groups is 1. The van der Waals surface area contributed by atoms with E-state index in [1.54, 1.807) is 25.3 Å². The summed E-state index contributed by atoms with van der Waals surface area (Å²) in [5.74, 6) is 0.754. The molecule has 0 saturated heterocycles. The second kappa shape index (κ2) is 6.04. The highest BCUT2D eigenvalue weighted by Crippen LogP contribution is 2.29. The molecule has 6 heteroatoms. The standard InChI is InChI=1S/C17H17NO4S/c1-12-3-8-15(23(19,20)17-18-9-10-22-17)11-16(12)13-4-6-14(21-2)7-5-13/h3-8,11H,9-10H2,1-2H3. The molecule has 0 aromatic heterocycles. The van der Waals surface area contributed by atoms with Gasteiger partial charge in [0.25, 0.3) is 9.84 Å². The predicted molar refractivity (Wildman–Crippen MR) is 88.6 cm³/mol. The molecule has 0 fully saturated rings. The maximum Gasteiger partial charge on any atom is 0.310 e. The van der Waals surface area contributed by atoms with Crippen LogP contribution in [0.1, 0.15) is 5.56 Å². The van der Waals surface area contributed by atoms with E-state index in [0.29, 0.717) is 13.2 Å². The minimum Gasteiger partial charge on any atom is -0.497 e. The summed E-state index contributed by atoms with van der Waals surface area (Å²) in [5.41, 5.74) is 2.77. The predicted octanol–water partition coefficient (Wildman–Crippen LogP) is 2.83. The van der Waals surface area contributed by atoms with E-state index in [1.165, 1.54) is 0 Å². The maximum atomic E-state index is 12.6. The number of methoxy groups -OCH3 is 1. The fourth-order valence-corrected chi connectivity index (χ4v) is 3.65. The largest absolute Gasteiger partial charge is 0.497 e. The molecule has 0 saturated carbocycles. The van der Waals surface area contributed by atoms with Gasteiger partial charge in [-0.2, -0.15) is 0 Å². The van der Waals surface area contributed by atoms with E-state index < -0.39 is 9.84 Å². The van der Waals surface area contributed by atoms with Gasteiger partial charge in [0.1, 0.15) is 12.4 Å². The highest BCUT2D eigenvalue weighted by Gasteiger charge is 2.27. The second-order valence-electron chi connectivity index (χ2n) is 5.20. The van der Waals surface area contributed by atoms with Gasteiger partial charge in [0.15, 0.2) is 0 Å². The smallest absolute Gasteiger partial charge is 0.310 e. The van der Waals surface area contributed by atoms with Crippen LogP contribution in [0.4, 0.5) is 0 Å². The van der Waals surface area contributed by atoms with Crippen molar-refractivity contribution in [2.45, 2.75) is 11.8 Å². The monoisotopic (exact) mass is 331 g/mol. The molecular weight excluding hydrogens is 314 g/mol. The van der Waals surface area contributed by atoms with Crippen LogP contribution in [0, 0.1) is 6.92 Å². The van der Waals surface area contributed by atoms with Gasteiger partial charge in [-0.05, 0) is 47.9 Å². The quantitative estimate of drug-likeness (QED) is 0.867. The Kier molecular flexibility index (Phi) is 4.09. The molecule has 0 unspecified atom stereocenters. The molecule has 0 radical (unpaired) electrons. The van der Waals surface area contributed by atoms with Gasteiger partial charge in [0.05, 0.1) is 18.6 Å². The van der Waals surface area contributed by atoms with Crippen LogP contribution in [-0.2, 0) is 14.6 Å². The van der Waals surface area contributed by atoms with Crippen molar-refractivity contribution in [2.75, 3.05) is 20.3 Å². The van der Waals surface area contributed by atoms with Gasteiger partial charge in [-0.15, -0.1) is 0 Å². The van der Waals surface area contributed by atoms with Crippen molar-refractivity contribution in [2.24, 2.45) is 4.99 Å². The van der Waals surface area contributed by atoms with Crippen LogP contribution in [0.25, 0.3) is 11.1 Å². The summed E-state index contributed by atoms with van der Waals surface area (Å²) in [6.45, 7) is 2.64. The van der Waals surface area contributed by atoms with Crippen molar-refractivity contribution in [3.05, 3.63) is 48.0 Å². The number of ether oxygens (including phenoxy) is 2. The van der Waals surface area contributed by atoms with Gasteiger partial charge in [-0.3, -0.25) is 0 Å². The van der Waals surface area contributed by atoms with E-state index in [0.717, 1.165) is 22.4 Å². The Balaban J connectivity index is 2.05. The average Bonchev–Trinajstić information content (AvgIpc) is 3.10. The Morgan fingerprint density at radius 3 is 2.48 bits per heavy atom. The lowest BCUT2D eigenvalue weighted by Crippen LogP contribution is -2.15. The first-order valence-corrected chi connectivity index (χ1v) is 8.68. The number of rotatable bonds is 3. The minimum absolute atomic E-state index is 0.189. The highest BCUT2D eigenvalue weighted by atomic mass is 32.2. The van der Waals surface area contributed by atoms with Crippen molar-refractivity contribution in [3.8, 4) is 16.9 Å². The third-order valence-electron chi connectivity index (χ3n) is 3.71. The number of sulfone groups is 1. The number of hydrogen-bond acceptors (Lipinski definition) is 5. The number of hydrogen-bond donors (Lipinski definition) is 0. The lowest BCUT2D eigenvalue weighted by Gasteiger charge is -2.10. The molecule has 5 nitrogen and oxygen atoms in total. The molecule has 0 bridgehead atoms. The summed E-state index contributed by atoms with van der Waals surface area (Å²) in [4.78, 5) is 4.11. The van der Waals surface area contributed by atoms with Gasteiger partial charge < -0.3 is 9.47 Å². The molecule has 0 spiro atoms. The molecule has 0 amide bonds. The lowest BCUT2D eigenvalue weighted by molar-refractivity contribution is 0.353. The van der Waals surface area contributed by atoms with Crippen LogP contribution in [0.5, 0.6) is 5.75 Å². The normalized spacial score (nSPS) is 14.3. The first-order chi connectivity index (χ1) is 11.0. The summed E-state index contributed by atoms with van der Waals surface area (Å²) in [6.07, 6.45) is 0. The van der Waals surface area contributed by atoms with Crippen LogP contribution >= 0.6 is 0 Å². The van der Waals surface area contributed by atoms with Gasteiger partial charge in [0.2, 0.25) is 0 Å². The summed E-state index contributed by atoms with van der Waals surface area (Å²) >= 11 is 0. The molecule has 2 aromatic carbocycles. The van der Waals surface area contributed by atoms with Crippen LogP contribution in [0.2, 0.25) is 0 Å². The topological polar surface area (TPSA) is 65.0 Å². The summed E-state index contributed by atoms with van der Waals surface area (Å²) in [7, 11) is -2.09. The van der Waals surface area contributed by atoms with E-state index in [1.807, 2.05) is 31.2 Å². The summed E-state index contributed by atoms with van der Waals surface area (Å²) in [6, 6.07) is 12.5. The number of benzene rings is 2. The molecule has 23 heavy (non-hydrogen) atoms. The highest BCUT2D eigenvalue weighted by molar-refractivity contribution is 8.06. The Morgan fingerprint density at radius 2 is 1.87 bits per heavy atom. The van der Waals surface area contributed by atoms with Crippen molar-refractivity contribution in [3.63, 3.8) is 0 Å². The molecule has 1 aliphatic heterocycles. The van der Waals surface area contributed by atoms with Crippen LogP contribution < -0.4 is 4.74 Å². The maximum absolute atomic E-state index is 12.6. The van der Waals surface area contributed by atoms with E-state index in [-0.39, 0.29) is 10.1 Å². The minimum atomic E-state index is -3.70. The lowest BCUT2D eigenvalue weighted by atomic mass is 10.0. The fraction of sp³-hybridized carbons (Fsp3) is 0.235. The van der Waals surface area contributed by atoms with Crippen molar-refractivity contribution < 1.29 is 17.9 Å². The fourth-order valence-electron chi connectivity index (χ4n) is 2.43. The van der Waals surface area contributed by atoms with Gasteiger partial charge >= 0.3 is 5.23 Å². The first kappa shape index (κ1) is 15.6. The Hall–Kier alpha value is -2.34. The van der Waals surface area contributed by atoms with Gasteiger partial charge in [-0.1, -0.05) is 18.2 Å². The van der Waals surface area contributed by atoms with Crippen molar-refractivity contribution in [1.29, 1.82) is 0 Å². The van der Waals surface area contributed by atoms with Crippen molar-refractivity contribution >= 4 is 15.1 Å². The molecule has 3 rings (SSSR count). The molecule has 0 aliphatic carbocycles. The third kappa shape index (κ3) is 2.94. The average molecular weight is 331 g/mol. The molecule has 0 N–H and O–H groups in total. The zero-order valence-electron chi connectivity index (χ0n) is 12.9. The Bertz CT molecular complexity index is 855. The third-order valence-corrected chi connectivity index (χ3v) is 5.29. The van der Waals surface area contributed by atoms with E-state index in [2.05, 4.69) is 4.99 Å². The van der Waals surface area contributed by atoms with E-state index >= 15 is 0 Å². The molecular formula is C17H17NO4S. The Morgan fingerprint density at radius 1 is 1.13 bits per heavy atom. The number of aryl methyl sites for hydroxylation is 1. The zero-order valence-corrected chi connectivity index (χ0v) is 13.8. The molecule has 1 heterocycles. The van der Waals surface area contributed by atoms with E-state index in [9.17, 15) is 8.42 Å². The summed E-state index contributed by atoms with van der Waals surface area (Å²) < 4.78 is 35.4. The second-order valence-corrected chi connectivity index (χ2v) is 7.03. The van der Waals surface area contributed by atoms with Crippen LogP contribution in [-0.4, -0.2) is 33.9 Å². The van der Waals surface area contributed by atoms with Gasteiger partial charge in [0, 0.05) is 0 Å². The van der Waals surface area contributed by atoms with Crippen LogP contribution in [0.3, 0.4) is 0 Å². The number of nitrogens with zero attached hydrogens (tertiary/aromatic N) is 1. The zero-order chi connectivity index (χ0) is 16.4. The molecule has 2 aromatic rings. The molecule has 0 atom stereocenters. The van der Waals surface area contributed by atoms with E-state index in [4.69, 9.17) is 9.47 Å². The molecule has 120 valence electrons. The van der Waals surface area contributed by atoms with Crippen molar-refractivity contribution in [1.82, 2.24) is 0 Å². The molecule has 1 aliphatic rings. The van der Waals surface area contributed by atoms with Crippen LogP contribution in [0.15, 0.2) is 52.4 Å². The summed E-state index contributed by atoms with van der Waals surface area (Å²) in [5, 5.41) is -0.193.